The van der Waals surface area contributed by atoms with Gasteiger partial charge in [-0.15, -0.1) is 5.10 Å². The van der Waals surface area contributed by atoms with Gasteiger partial charge in [-0.3, -0.25) is 0 Å². The minimum absolute atomic E-state index is 0.146. The molecule has 4 rings (SSSR count). The average Bonchev–Trinajstić information content (AvgIpc) is 3.21. The third-order valence-electron chi connectivity index (χ3n) is 3.76. The standard InChI is InChI=1S/C17H14N4O3/c1-10(22)21-15-7-6-11(8-13(15)19-20-21)17-18-14(9-24-17)12-4-2-3-5-16(12)23/h2-10,22-23H,1H3. The van der Waals surface area contributed by atoms with Gasteiger partial charge in [0.25, 0.3) is 0 Å². The lowest BCUT2D eigenvalue weighted by Crippen LogP contribution is -2.05. The minimum atomic E-state index is -0.754. The number of aromatic nitrogens is 4. The van der Waals surface area contributed by atoms with E-state index in [9.17, 15) is 10.2 Å². The summed E-state index contributed by atoms with van der Waals surface area (Å²) in [5.41, 5.74) is 3.25. The highest BCUT2D eigenvalue weighted by Gasteiger charge is 2.14. The first-order valence-corrected chi connectivity index (χ1v) is 7.41. The van der Waals surface area contributed by atoms with Gasteiger partial charge in [0.1, 0.15) is 29.5 Å². The summed E-state index contributed by atoms with van der Waals surface area (Å²) in [6, 6.07) is 12.4. The number of phenols is 1. The summed E-state index contributed by atoms with van der Waals surface area (Å²) < 4.78 is 6.97. The molecule has 0 saturated heterocycles. The summed E-state index contributed by atoms with van der Waals surface area (Å²) in [5, 5.41) is 27.5. The van der Waals surface area contributed by atoms with Crippen LogP contribution < -0.4 is 0 Å². The van der Waals surface area contributed by atoms with Crippen molar-refractivity contribution >= 4 is 11.0 Å². The van der Waals surface area contributed by atoms with Gasteiger partial charge >= 0.3 is 0 Å². The van der Waals surface area contributed by atoms with Crippen molar-refractivity contribution in [2.75, 3.05) is 0 Å². The van der Waals surface area contributed by atoms with Crippen LogP contribution in [0.4, 0.5) is 0 Å². The molecule has 2 aromatic heterocycles. The summed E-state index contributed by atoms with van der Waals surface area (Å²) in [4.78, 5) is 4.43. The molecule has 0 bridgehead atoms. The van der Waals surface area contributed by atoms with Gasteiger partial charge in [0.2, 0.25) is 5.89 Å². The molecule has 120 valence electrons. The number of phenolic OH excluding ortho intramolecular Hbond substituents is 1. The molecule has 0 spiro atoms. The maximum absolute atomic E-state index is 9.91. The number of hydrogen-bond acceptors (Lipinski definition) is 6. The van der Waals surface area contributed by atoms with E-state index in [4.69, 9.17) is 4.42 Å². The second-order valence-corrected chi connectivity index (χ2v) is 5.42. The van der Waals surface area contributed by atoms with Crippen molar-refractivity contribution in [3.8, 4) is 28.5 Å². The zero-order chi connectivity index (χ0) is 16.7. The van der Waals surface area contributed by atoms with Crippen molar-refractivity contribution in [1.29, 1.82) is 0 Å². The Morgan fingerprint density at radius 3 is 2.79 bits per heavy atom. The smallest absolute Gasteiger partial charge is 0.226 e. The van der Waals surface area contributed by atoms with Crippen LogP contribution in [0, 0.1) is 0 Å². The normalized spacial score (nSPS) is 12.6. The van der Waals surface area contributed by atoms with E-state index in [1.54, 1.807) is 37.3 Å². The molecule has 0 saturated carbocycles. The number of aliphatic hydroxyl groups excluding tert-OH is 1. The molecule has 2 heterocycles. The number of rotatable bonds is 3. The van der Waals surface area contributed by atoms with Crippen LogP contribution in [0.25, 0.3) is 33.7 Å². The van der Waals surface area contributed by atoms with E-state index in [0.29, 0.717) is 22.7 Å². The average molecular weight is 322 g/mol. The quantitative estimate of drug-likeness (QED) is 0.602. The molecular weight excluding hydrogens is 308 g/mol. The van der Waals surface area contributed by atoms with E-state index in [2.05, 4.69) is 15.3 Å². The van der Waals surface area contributed by atoms with Gasteiger partial charge in [-0.2, -0.15) is 0 Å². The predicted molar refractivity (Wildman–Crippen MR) is 87.1 cm³/mol. The summed E-state index contributed by atoms with van der Waals surface area (Å²) in [7, 11) is 0. The number of fused-ring (bicyclic) bond motifs is 1. The molecule has 1 atom stereocenters. The van der Waals surface area contributed by atoms with Gasteiger partial charge in [-0.1, -0.05) is 17.3 Å². The number of oxazole rings is 1. The Kier molecular flexibility index (Phi) is 3.28. The highest BCUT2D eigenvalue weighted by Crippen LogP contribution is 2.31. The highest BCUT2D eigenvalue weighted by molar-refractivity contribution is 5.80. The third kappa shape index (κ3) is 2.31. The Labute approximate surface area is 136 Å². The molecule has 24 heavy (non-hydrogen) atoms. The van der Waals surface area contributed by atoms with Crippen LogP contribution in [0.5, 0.6) is 5.75 Å². The summed E-state index contributed by atoms with van der Waals surface area (Å²) in [6.07, 6.45) is 0.747. The zero-order valence-corrected chi connectivity index (χ0v) is 12.8. The van der Waals surface area contributed by atoms with Crippen molar-refractivity contribution in [3.05, 3.63) is 48.7 Å². The first-order chi connectivity index (χ1) is 11.6. The van der Waals surface area contributed by atoms with Gasteiger partial charge in [0.05, 0.1) is 5.52 Å². The monoisotopic (exact) mass is 322 g/mol. The SMILES string of the molecule is CC(O)n1nnc2cc(-c3nc(-c4ccccc4O)co3)ccc21. The van der Waals surface area contributed by atoms with E-state index in [-0.39, 0.29) is 5.75 Å². The van der Waals surface area contributed by atoms with Gasteiger partial charge < -0.3 is 14.6 Å². The molecule has 4 aromatic rings. The fourth-order valence-corrected chi connectivity index (χ4v) is 2.57. The molecule has 0 radical (unpaired) electrons. The molecule has 0 aliphatic heterocycles. The maximum Gasteiger partial charge on any atom is 0.226 e. The van der Waals surface area contributed by atoms with E-state index >= 15 is 0 Å². The summed E-state index contributed by atoms with van der Waals surface area (Å²) in [6.45, 7) is 1.62. The van der Waals surface area contributed by atoms with Crippen LogP contribution in [-0.2, 0) is 0 Å². The summed E-state index contributed by atoms with van der Waals surface area (Å²) in [5.74, 6) is 0.564. The molecule has 2 aromatic carbocycles. The van der Waals surface area contributed by atoms with Crippen LogP contribution in [0.1, 0.15) is 13.2 Å². The Balaban J connectivity index is 1.75. The van der Waals surface area contributed by atoms with Crippen molar-refractivity contribution < 1.29 is 14.6 Å². The van der Waals surface area contributed by atoms with Crippen LogP contribution in [0.15, 0.2) is 53.1 Å². The van der Waals surface area contributed by atoms with Crippen molar-refractivity contribution in [3.63, 3.8) is 0 Å². The van der Waals surface area contributed by atoms with Crippen LogP contribution >= 0.6 is 0 Å². The minimum Gasteiger partial charge on any atom is -0.507 e. The van der Waals surface area contributed by atoms with Gasteiger partial charge in [0.15, 0.2) is 0 Å². The summed E-state index contributed by atoms with van der Waals surface area (Å²) >= 11 is 0. The van der Waals surface area contributed by atoms with E-state index < -0.39 is 6.23 Å². The molecule has 0 fully saturated rings. The fourth-order valence-electron chi connectivity index (χ4n) is 2.57. The van der Waals surface area contributed by atoms with E-state index in [1.165, 1.54) is 10.9 Å². The first-order valence-electron chi connectivity index (χ1n) is 7.41. The number of aliphatic hydroxyl groups is 1. The lowest BCUT2D eigenvalue weighted by atomic mass is 10.1. The Hall–Kier alpha value is -3.19. The van der Waals surface area contributed by atoms with Gasteiger partial charge in [-0.05, 0) is 37.3 Å². The molecule has 0 amide bonds. The molecule has 0 aliphatic carbocycles. The van der Waals surface area contributed by atoms with Crippen molar-refractivity contribution in [1.82, 2.24) is 20.0 Å². The number of nitrogens with zero attached hydrogens (tertiary/aromatic N) is 4. The van der Waals surface area contributed by atoms with E-state index in [1.807, 2.05) is 12.1 Å². The number of hydrogen-bond donors (Lipinski definition) is 2. The van der Waals surface area contributed by atoms with Crippen LogP contribution in [-0.4, -0.2) is 30.2 Å². The Morgan fingerprint density at radius 2 is 2.00 bits per heavy atom. The number of aromatic hydroxyl groups is 1. The first kappa shape index (κ1) is 14.4. The highest BCUT2D eigenvalue weighted by atomic mass is 16.3. The third-order valence-corrected chi connectivity index (χ3v) is 3.76. The molecule has 7 nitrogen and oxygen atoms in total. The second kappa shape index (κ2) is 5.47. The Bertz CT molecular complexity index is 1020. The largest absolute Gasteiger partial charge is 0.507 e. The molecule has 1 unspecified atom stereocenters. The van der Waals surface area contributed by atoms with Gasteiger partial charge in [0, 0.05) is 11.1 Å². The van der Waals surface area contributed by atoms with Crippen molar-refractivity contribution in [2.45, 2.75) is 13.2 Å². The van der Waals surface area contributed by atoms with Gasteiger partial charge in [-0.25, -0.2) is 9.67 Å². The lowest BCUT2D eigenvalue weighted by Gasteiger charge is -2.04. The molecule has 7 heteroatoms. The van der Waals surface area contributed by atoms with E-state index in [0.717, 1.165) is 11.1 Å². The maximum atomic E-state index is 9.91. The van der Waals surface area contributed by atoms with Crippen LogP contribution in [0.2, 0.25) is 0 Å². The van der Waals surface area contributed by atoms with Crippen LogP contribution in [0.3, 0.4) is 0 Å². The van der Waals surface area contributed by atoms with Crippen molar-refractivity contribution in [2.24, 2.45) is 0 Å². The second-order valence-electron chi connectivity index (χ2n) is 5.42. The fraction of sp³-hybridized carbons (Fsp3) is 0.118. The zero-order valence-electron chi connectivity index (χ0n) is 12.8. The topological polar surface area (TPSA) is 97.2 Å². The molecular formula is C17H14N4O3. The Morgan fingerprint density at radius 1 is 1.17 bits per heavy atom. The predicted octanol–water partition coefficient (Wildman–Crippen LogP) is 2.97. The molecule has 0 aliphatic rings. The molecule has 2 N–H and O–H groups in total. The number of para-hydroxylation sites is 1. The lowest BCUT2D eigenvalue weighted by molar-refractivity contribution is 0.113. The number of benzene rings is 2.